The summed E-state index contributed by atoms with van der Waals surface area (Å²) in [5.74, 6) is -1.03. The number of rotatable bonds is 40. The molecule has 0 aliphatic rings. The molecule has 3 atom stereocenters. The third kappa shape index (κ3) is 41.4. The maximum Gasteiger partial charge on any atom is 0.472 e. The molecule has 0 amide bonds. The molecule has 0 aromatic carbocycles. The van der Waals surface area contributed by atoms with Crippen molar-refractivity contribution in [2.45, 2.75) is 180 Å². The predicted molar refractivity (Wildman–Crippen MR) is 233 cm³/mol. The van der Waals surface area contributed by atoms with Gasteiger partial charge in [-0.05, 0) is 70.6 Å². The van der Waals surface area contributed by atoms with Gasteiger partial charge in [0.2, 0.25) is 0 Å². The molecule has 3 N–H and O–H groups in total. The van der Waals surface area contributed by atoms with Gasteiger partial charge >= 0.3 is 19.8 Å². The molecule has 0 fully saturated rings. The number of hydrogen-bond acceptors (Lipinski definition) is 9. The number of allylic oxidation sites excluding steroid dienone is 12. The van der Waals surface area contributed by atoms with E-state index in [4.69, 9.17) is 19.1 Å². The van der Waals surface area contributed by atoms with Crippen molar-refractivity contribution >= 4 is 19.8 Å². The van der Waals surface area contributed by atoms with Crippen LogP contribution in [-0.4, -0.2) is 65.7 Å². The third-order valence-electron chi connectivity index (χ3n) is 8.85. The van der Waals surface area contributed by atoms with Gasteiger partial charge in [-0.2, -0.15) is 0 Å². The Kier molecular flexibility index (Phi) is 39.7. The number of esters is 2. The zero-order valence-electron chi connectivity index (χ0n) is 35.5. The number of ether oxygens (including phenoxy) is 2. The van der Waals surface area contributed by atoms with E-state index in [1.54, 1.807) is 0 Å². The highest BCUT2D eigenvalue weighted by Crippen LogP contribution is 2.43. The third-order valence-corrected chi connectivity index (χ3v) is 9.80. The Hall–Kier alpha value is -2.59. The number of carbonyl (C=O) groups is 2. The average Bonchev–Trinajstić information content (AvgIpc) is 3.20. The number of carbonyl (C=O) groups excluding carboxylic acids is 2. The first-order chi connectivity index (χ1) is 27.7. The van der Waals surface area contributed by atoms with E-state index >= 15 is 0 Å². The van der Waals surface area contributed by atoms with E-state index in [0.29, 0.717) is 12.8 Å². The Morgan fingerprint density at radius 1 is 0.526 bits per heavy atom. The number of phosphoric ester groups is 1. The molecule has 10 nitrogen and oxygen atoms in total. The monoisotopic (exact) mass is 823 g/mol. The maximum absolute atomic E-state index is 12.6. The molecule has 11 heteroatoms. The molecule has 0 bridgehead atoms. The summed E-state index contributed by atoms with van der Waals surface area (Å²) in [6.07, 6.45) is 47.3. The van der Waals surface area contributed by atoms with Crippen LogP contribution in [0.15, 0.2) is 72.9 Å². The normalized spacial score (nSPS) is 14.5. The summed E-state index contributed by atoms with van der Waals surface area (Å²) in [7, 11) is -4.64. The highest BCUT2D eigenvalue weighted by Gasteiger charge is 2.27. The van der Waals surface area contributed by atoms with E-state index in [1.165, 1.54) is 83.5 Å². The summed E-state index contributed by atoms with van der Waals surface area (Å²) in [5.41, 5.74) is 0. The first kappa shape index (κ1) is 54.4. The highest BCUT2D eigenvalue weighted by atomic mass is 31.2. The summed E-state index contributed by atoms with van der Waals surface area (Å²) in [6.45, 7) is 2.23. The van der Waals surface area contributed by atoms with E-state index in [0.717, 1.165) is 44.9 Å². The molecular weight excluding hydrogens is 743 g/mol. The Labute approximate surface area is 346 Å². The van der Waals surface area contributed by atoms with Crippen LogP contribution in [0.5, 0.6) is 0 Å². The summed E-state index contributed by atoms with van der Waals surface area (Å²) >= 11 is 0. The van der Waals surface area contributed by atoms with Crippen molar-refractivity contribution in [3.05, 3.63) is 72.9 Å². The lowest BCUT2D eigenvalue weighted by Crippen LogP contribution is -2.29. The van der Waals surface area contributed by atoms with Gasteiger partial charge in [0.15, 0.2) is 6.10 Å². The fourth-order valence-electron chi connectivity index (χ4n) is 5.43. The summed E-state index contributed by atoms with van der Waals surface area (Å²) in [4.78, 5) is 35.0. The molecular formula is C46H79O10P. The van der Waals surface area contributed by atoms with Gasteiger partial charge in [0.25, 0.3) is 0 Å². The molecule has 0 saturated heterocycles. The molecule has 0 spiro atoms. The van der Waals surface area contributed by atoms with Crippen LogP contribution in [0, 0.1) is 0 Å². The van der Waals surface area contributed by atoms with E-state index in [-0.39, 0.29) is 19.4 Å². The molecule has 328 valence electrons. The smallest absolute Gasteiger partial charge is 0.462 e. The molecule has 0 radical (unpaired) electrons. The molecule has 0 aliphatic carbocycles. The van der Waals surface area contributed by atoms with Crippen LogP contribution in [0.4, 0.5) is 0 Å². The summed E-state index contributed by atoms with van der Waals surface area (Å²) in [5, 5.41) is 18.3. The molecule has 0 heterocycles. The van der Waals surface area contributed by atoms with Gasteiger partial charge in [0.1, 0.15) is 12.7 Å². The van der Waals surface area contributed by atoms with E-state index in [9.17, 15) is 24.2 Å². The van der Waals surface area contributed by atoms with Gasteiger partial charge in [0.05, 0.1) is 19.8 Å². The van der Waals surface area contributed by atoms with Crippen molar-refractivity contribution in [3.63, 3.8) is 0 Å². The Balaban J connectivity index is 4.43. The molecule has 1 unspecified atom stereocenters. The second kappa shape index (κ2) is 41.6. The zero-order valence-corrected chi connectivity index (χ0v) is 36.4. The van der Waals surface area contributed by atoms with Crippen molar-refractivity contribution in [3.8, 4) is 0 Å². The summed E-state index contributed by atoms with van der Waals surface area (Å²) < 4.78 is 32.6. The van der Waals surface area contributed by atoms with Crippen LogP contribution < -0.4 is 0 Å². The minimum absolute atomic E-state index is 0.0576. The lowest BCUT2D eigenvalue weighted by molar-refractivity contribution is -0.161. The Morgan fingerprint density at radius 3 is 1.51 bits per heavy atom. The first-order valence-corrected chi connectivity index (χ1v) is 23.4. The van der Waals surface area contributed by atoms with Crippen LogP contribution >= 0.6 is 7.82 Å². The van der Waals surface area contributed by atoms with Crippen molar-refractivity contribution in [2.24, 2.45) is 0 Å². The predicted octanol–water partition coefficient (Wildman–Crippen LogP) is 11.7. The standard InChI is InChI=1S/C46H79O10P/c1-3-5-7-9-11-13-15-17-19-20-21-22-24-26-28-30-32-34-36-38-46(50)56-44(42-55-57(51,52)54-40-43(48)39-47)41-53-45(49)37-35-33-31-29-27-25-23-18-16-14-12-10-8-6-4-2/h10-13,17,19,21-22,26,28,32,34,43-44,47-48H,3-9,14-16,18,20,23-25,27,29-31,33,35-42H2,1-2H3,(H,51,52)/b12-10+,13-11+,19-17+,22-21+,28-26+,34-32+/t43-,44+/m0/s1. The van der Waals surface area contributed by atoms with Gasteiger partial charge < -0.3 is 24.6 Å². The maximum atomic E-state index is 12.6. The topological polar surface area (TPSA) is 149 Å². The van der Waals surface area contributed by atoms with Crippen molar-refractivity contribution < 1.29 is 47.8 Å². The Bertz CT molecular complexity index is 1180. The fraction of sp³-hybridized carbons (Fsp3) is 0.696. The van der Waals surface area contributed by atoms with Gasteiger partial charge in [0, 0.05) is 12.8 Å². The van der Waals surface area contributed by atoms with Crippen LogP contribution in [0.2, 0.25) is 0 Å². The number of phosphoric acid groups is 1. The minimum Gasteiger partial charge on any atom is -0.462 e. The average molecular weight is 823 g/mol. The molecule has 0 aromatic heterocycles. The second-order valence-corrected chi connectivity index (χ2v) is 15.8. The molecule has 57 heavy (non-hydrogen) atoms. The molecule has 0 aliphatic heterocycles. The minimum atomic E-state index is -4.64. The van der Waals surface area contributed by atoms with Gasteiger partial charge in [-0.3, -0.25) is 18.6 Å². The molecule has 0 rings (SSSR count). The molecule has 0 aromatic rings. The van der Waals surface area contributed by atoms with E-state index in [2.05, 4.69) is 79.1 Å². The molecule has 0 saturated carbocycles. The van der Waals surface area contributed by atoms with Crippen LogP contribution in [0.25, 0.3) is 0 Å². The zero-order chi connectivity index (χ0) is 41.9. The Morgan fingerprint density at radius 2 is 0.965 bits per heavy atom. The SMILES string of the molecule is CCCC/C=C/CCCCCCCCCCCC(=O)OC[C@H](COP(=O)(O)OC[C@@H](O)CO)OC(=O)CC/C=C/C/C=C/C/C=C/C/C=C/C/C=C/CCCCC. The summed E-state index contributed by atoms with van der Waals surface area (Å²) in [6, 6.07) is 0. The highest BCUT2D eigenvalue weighted by molar-refractivity contribution is 7.47. The van der Waals surface area contributed by atoms with Gasteiger partial charge in [-0.1, -0.05) is 157 Å². The van der Waals surface area contributed by atoms with Crippen molar-refractivity contribution in [2.75, 3.05) is 26.4 Å². The number of unbranched alkanes of at least 4 members (excludes halogenated alkanes) is 14. The van der Waals surface area contributed by atoms with Crippen LogP contribution in [0.3, 0.4) is 0 Å². The van der Waals surface area contributed by atoms with Crippen LogP contribution in [0.1, 0.15) is 168 Å². The number of aliphatic hydroxyl groups is 2. The van der Waals surface area contributed by atoms with Crippen molar-refractivity contribution in [1.82, 2.24) is 0 Å². The van der Waals surface area contributed by atoms with Gasteiger partial charge in [-0.15, -0.1) is 0 Å². The fourth-order valence-corrected chi connectivity index (χ4v) is 6.22. The van der Waals surface area contributed by atoms with Crippen molar-refractivity contribution in [1.29, 1.82) is 0 Å². The number of aliphatic hydroxyl groups excluding tert-OH is 2. The van der Waals surface area contributed by atoms with E-state index in [1.807, 2.05) is 12.2 Å². The lowest BCUT2D eigenvalue weighted by Gasteiger charge is -2.20. The quantitative estimate of drug-likeness (QED) is 0.0236. The van der Waals surface area contributed by atoms with Gasteiger partial charge in [-0.25, -0.2) is 4.57 Å². The lowest BCUT2D eigenvalue weighted by atomic mass is 10.1. The number of hydrogen-bond donors (Lipinski definition) is 3. The first-order valence-electron chi connectivity index (χ1n) is 21.9. The second-order valence-electron chi connectivity index (χ2n) is 14.4. The van der Waals surface area contributed by atoms with E-state index < -0.39 is 51.8 Å². The van der Waals surface area contributed by atoms with Crippen LogP contribution in [-0.2, 0) is 32.7 Å². The largest absolute Gasteiger partial charge is 0.472 e.